The summed E-state index contributed by atoms with van der Waals surface area (Å²) < 4.78 is 10.3. The van der Waals surface area contributed by atoms with Gasteiger partial charge >= 0.3 is 5.97 Å². The average Bonchev–Trinajstić information content (AvgIpc) is 1.99. The molecule has 0 bridgehead atoms. The van der Waals surface area contributed by atoms with Crippen LogP contribution in [-0.2, 0) is 19.1 Å². The Bertz CT molecular complexity index is 302. The molecular weight excluding hydrogens is 196 g/mol. The van der Waals surface area contributed by atoms with Gasteiger partial charge in [-0.1, -0.05) is 6.92 Å². The number of ketones is 1. The fourth-order valence-electron chi connectivity index (χ4n) is 1.42. The van der Waals surface area contributed by atoms with E-state index in [2.05, 4.69) is 0 Å². The molecule has 1 aliphatic heterocycles. The van der Waals surface area contributed by atoms with Crippen molar-refractivity contribution in [3.63, 3.8) is 0 Å². The quantitative estimate of drug-likeness (QED) is 0.668. The SMILES string of the molecule is CCCC(=O)CC1=CC(=O)OC(C)(C)O1. The smallest absolute Gasteiger partial charge is 0.337 e. The highest BCUT2D eigenvalue weighted by Crippen LogP contribution is 2.24. The Morgan fingerprint density at radius 2 is 2.07 bits per heavy atom. The third-order valence-corrected chi connectivity index (χ3v) is 1.90. The van der Waals surface area contributed by atoms with Crippen molar-refractivity contribution < 1.29 is 19.1 Å². The van der Waals surface area contributed by atoms with Crippen LogP contribution in [0.25, 0.3) is 0 Å². The molecule has 0 aromatic carbocycles. The zero-order valence-corrected chi connectivity index (χ0v) is 9.33. The Kier molecular flexibility index (Phi) is 3.50. The summed E-state index contributed by atoms with van der Waals surface area (Å²) in [5.74, 6) is -0.942. The lowest BCUT2D eigenvalue weighted by molar-refractivity contribution is -0.205. The van der Waals surface area contributed by atoms with Crippen molar-refractivity contribution in [1.29, 1.82) is 0 Å². The molecule has 0 fully saturated rings. The summed E-state index contributed by atoms with van der Waals surface area (Å²) in [5, 5.41) is 0. The van der Waals surface area contributed by atoms with E-state index in [-0.39, 0.29) is 12.2 Å². The van der Waals surface area contributed by atoms with E-state index in [1.807, 2.05) is 6.92 Å². The van der Waals surface area contributed by atoms with Gasteiger partial charge in [0, 0.05) is 20.3 Å². The van der Waals surface area contributed by atoms with Crippen LogP contribution in [0.2, 0.25) is 0 Å². The summed E-state index contributed by atoms with van der Waals surface area (Å²) in [5.41, 5.74) is 0. The largest absolute Gasteiger partial charge is 0.456 e. The zero-order valence-electron chi connectivity index (χ0n) is 9.33. The van der Waals surface area contributed by atoms with Gasteiger partial charge in [0.1, 0.15) is 11.5 Å². The number of hydrogen-bond donors (Lipinski definition) is 0. The predicted octanol–water partition coefficient (Wildman–Crippen LogP) is 1.94. The fraction of sp³-hybridized carbons (Fsp3) is 0.636. The zero-order chi connectivity index (χ0) is 11.5. The van der Waals surface area contributed by atoms with Crippen LogP contribution < -0.4 is 0 Å². The van der Waals surface area contributed by atoms with E-state index in [9.17, 15) is 9.59 Å². The fourth-order valence-corrected chi connectivity index (χ4v) is 1.42. The van der Waals surface area contributed by atoms with Gasteiger partial charge in [0.15, 0.2) is 0 Å². The second kappa shape index (κ2) is 4.47. The summed E-state index contributed by atoms with van der Waals surface area (Å²) in [6.45, 7) is 5.22. The Morgan fingerprint density at radius 3 is 2.60 bits per heavy atom. The molecule has 15 heavy (non-hydrogen) atoms. The Hall–Kier alpha value is -1.32. The average molecular weight is 212 g/mol. The number of ether oxygens (including phenoxy) is 2. The van der Waals surface area contributed by atoms with Crippen molar-refractivity contribution in [3.05, 3.63) is 11.8 Å². The number of carbonyl (C=O) groups is 2. The van der Waals surface area contributed by atoms with Crippen LogP contribution in [0.4, 0.5) is 0 Å². The minimum Gasteiger partial charge on any atom is -0.456 e. The molecule has 0 saturated carbocycles. The summed E-state index contributed by atoms with van der Waals surface area (Å²) >= 11 is 0. The van der Waals surface area contributed by atoms with Gasteiger partial charge in [0.25, 0.3) is 0 Å². The third kappa shape index (κ3) is 3.73. The number of allylic oxidation sites excluding steroid dienone is 1. The number of rotatable bonds is 4. The molecule has 4 heteroatoms. The van der Waals surface area contributed by atoms with Crippen LogP contribution in [0.3, 0.4) is 0 Å². The van der Waals surface area contributed by atoms with E-state index in [4.69, 9.17) is 9.47 Å². The van der Waals surface area contributed by atoms with Crippen LogP contribution in [0.15, 0.2) is 11.8 Å². The summed E-state index contributed by atoms with van der Waals surface area (Å²) in [7, 11) is 0. The minimum absolute atomic E-state index is 0.0780. The molecular formula is C11H16O4. The van der Waals surface area contributed by atoms with Crippen molar-refractivity contribution >= 4 is 11.8 Å². The first-order chi connectivity index (χ1) is 6.93. The van der Waals surface area contributed by atoms with E-state index in [0.717, 1.165) is 6.42 Å². The second-order valence-corrected chi connectivity index (χ2v) is 4.00. The molecule has 0 aromatic heterocycles. The third-order valence-electron chi connectivity index (χ3n) is 1.90. The lowest BCUT2D eigenvalue weighted by Gasteiger charge is -2.30. The van der Waals surface area contributed by atoms with Gasteiger partial charge in [0.05, 0.1) is 12.5 Å². The summed E-state index contributed by atoms with van der Waals surface area (Å²) in [4.78, 5) is 22.5. The molecule has 84 valence electrons. The second-order valence-electron chi connectivity index (χ2n) is 4.00. The molecule has 0 N–H and O–H groups in total. The Labute approximate surface area is 89.2 Å². The van der Waals surface area contributed by atoms with Gasteiger partial charge in [-0.2, -0.15) is 0 Å². The molecule has 1 rings (SSSR count). The summed E-state index contributed by atoms with van der Waals surface area (Å²) in [6, 6.07) is 0. The molecule has 0 aromatic rings. The normalized spacial score (nSPS) is 18.9. The molecule has 0 unspecified atom stereocenters. The number of esters is 1. The number of hydrogen-bond acceptors (Lipinski definition) is 4. The van der Waals surface area contributed by atoms with Crippen molar-refractivity contribution in [2.75, 3.05) is 0 Å². The first-order valence-electron chi connectivity index (χ1n) is 5.07. The highest BCUT2D eigenvalue weighted by molar-refractivity contribution is 5.86. The number of carbonyl (C=O) groups excluding carboxylic acids is 2. The standard InChI is InChI=1S/C11H16O4/c1-4-5-8(12)6-9-7-10(13)15-11(2,3)14-9/h7H,4-6H2,1-3H3. The maximum atomic E-state index is 11.4. The maximum absolute atomic E-state index is 11.4. The number of cyclic esters (lactones) is 1. The van der Waals surface area contributed by atoms with Gasteiger partial charge in [-0.3, -0.25) is 4.79 Å². The van der Waals surface area contributed by atoms with E-state index in [1.165, 1.54) is 6.08 Å². The monoisotopic (exact) mass is 212 g/mol. The van der Waals surface area contributed by atoms with Gasteiger partial charge in [-0.15, -0.1) is 0 Å². The van der Waals surface area contributed by atoms with Gasteiger partial charge in [-0.05, 0) is 6.42 Å². The van der Waals surface area contributed by atoms with Gasteiger partial charge in [0.2, 0.25) is 5.79 Å². The highest BCUT2D eigenvalue weighted by Gasteiger charge is 2.30. The van der Waals surface area contributed by atoms with Crippen LogP contribution >= 0.6 is 0 Å². The van der Waals surface area contributed by atoms with E-state index in [0.29, 0.717) is 12.2 Å². The van der Waals surface area contributed by atoms with Gasteiger partial charge in [-0.25, -0.2) is 4.79 Å². The van der Waals surface area contributed by atoms with E-state index >= 15 is 0 Å². The molecule has 1 aliphatic rings. The Morgan fingerprint density at radius 1 is 1.40 bits per heavy atom. The lowest BCUT2D eigenvalue weighted by Crippen LogP contribution is -2.34. The summed E-state index contributed by atoms with van der Waals surface area (Å²) in [6.07, 6.45) is 2.72. The highest BCUT2D eigenvalue weighted by atomic mass is 16.7. The molecule has 4 nitrogen and oxygen atoms in total. The number of Topliss-reactive ketones (excluding diaryl/α,β-unsaturated/α-hetero) is 1. The van der Waals surface area contributed by atoms with Crippen molar-refractivity contribution in [2.24, 2.45) is 0 Å². The van der Waals surface area contributed by atoms with Gasteiger partial charge < -0.3 is 9.47 Å². The molecule has 1 heterocycles. The van der Waals surface area contributed by atoms with Crippen LogP contribution in [0.1, 0.15) is 40.0 Å². The van der Waals surface area contributed by atoms with Crippen LogP contribution in [0.5, 0.6) is 0 Å². The first-order valence-corrected chi connectivity index (χ1v) is 5.07. The molecule has 0 aliphatic carbocycles. The minimum atomic E-state index is -0.965. The van der Waals surface area contributed by atoms with Crippen molar-refractivity contribution in [2.45, 2.75) is 45.8 Å². The molecule has 0 spiro atoms. The topological polar surface area (TPSA) is 52.6 Å². The Balaban J connectivity index is 2.62. The molecule has 0 saturated heterocycles. The predicted molar refractivity (Wildman–Crippen MR) is 53.9 cm³/mol. The van der Waals surface area contributed by atoms with E-state index in [1.54, 1.807) is 13.8 Å². The molecule has 0 radical (unpaired) electrons. The van der Waals surface area contributed by atoms with Crippen LogP contribution in [-0.4, -0.2) is 17.5 Å². The molecule has 0 amide bonds. The van der Waals surface area contributed by atoms with Crippen LogP contribution in [0, 0.1) is 0 Å². The van der Waals surface area contributed by atoms with Crippen molar-refractivity contribution in [3.8, 4) is 0 Å². The maximum Gasteiger partial charge on any atom is 0.337 e. The first kappa shape index (κ1) is 11.8. The van der Waals surface area contributed by atoms with Crippen molar-refractivity contribution in [1.82, 2.24) is 0 Å². The van der Waals surface area contributed by atoms with E-state index < -0.39 is 11.8 Å². The lowest BCUT2D eigenvalue weighted by atomic mass is 10.1. The molecule has 0 atom stereocenters.